The Balaban J connectivity index is 2.18. The highest BCUT2D eigenvalue weighted by Gasteiger charge is 2.17. The first-order valence-corrected chi connectivity index (χ1v) is 6.78. The lowest BCUT2D eigenvalue weighted by Crippen LogP contribution is -2.06. The minimum atomic E-state index is -0.616. The predicted molar refractivity (Wildman–Crippen MR) is 84.8 cm³/mol. The summed E-state index contributed by atoms with van der Waals surface area (Å²) in [5.41, 5.74) is 1.23. The number of nitrogens with zero attached hydrogens (tertiary/aromatic N) is 1. The van der Waals surface area contributed by atoms with Gasteiger partial charge in [-0.05, 0) is 29.8 Å². The normalized spacial score (nSPS) is 10.0. The minimum Gasteiger partial charge on any atom is -0.497 e. The molecule has 23 heavy (non-hydrogen) atoms. The first-order valence-electron chi connectivity index (χ1n) is 6.78. The van der Waals surface area contributed by atoms with Crippen LogP contribution in [0.2, 0.25) is 0 Å². The average molecular weight is 316 g/mol. The number of ether oxygens (including phenoxy) is 2. The topological polar surface area (TPSA) is 90.7 Å². The Hall–Kier alpha value is -3.09. The summed E-state index contributed by atoms with van der Waals surface area (Å²) in [6.07, 6.45) is 0. The van der Waals surface area contributed by atoms with Crippen LogP contribution in [0.5, 0.6) is 5.75 Å². The summed E-state index contributed by atoms with van der Waals surface area (Å²) < 4.78 is 9.64. The number of anilines is 1. The lowest BCUT2D eigenvalue weighted by atomic mass is 10.1. The first-order chi connectivity index (χ1) is 11.0. The van der Waals surface area contributed by atoms with E-state index in [4.69, 9.17) is 4.74 Å². The fraction of sp³-hybridized carbons (Fsp3) is 0.188. The van der Waals surface area contributed by atoms with Gasteiger partial charge in [0, 0.05) is 12.6 Å². The van der Waals surface area contributed by atoms with Crippen molar-refractivity contribution in [1.29, 1.82) is 0 Å². The van der Waals surface area contributed by atoms with Gasteiger partial charge < -0.3 is 14.8 Å². The highest BCUT2D eigenvalue weighted by atomic mass is 16.6. The number of nitro groups is 1. The van der Waals surface area contributed by atoms with Gasteiger partial charge in [0.15, 0.2) is 0 Å². The third kappa shape index (κ3) is 3.97. The molecule has 0 aliphatic rings. The number of benzene rings is 2. The Morgan fingerprint density at radius 2 is 1.87 bits per heavy atom. The van der Waals surface area contributed by atoms with Crippen molar-refractivity contribution in [1.82, 2.24) is 0 Å². The summed E-state index contributed by atoms with van der Waals surface area (Å²) in [5, 5.41) is 14.2. The summed E-state index contributed by atoms with van der Waals surface area (Å²) in [6.45, 7) is 0.405. The number of nitro benzene ring substituents is 1. The van der Waals surface area contributed by atoms with Crippen molar-refractivity contribution in [3.05, 3.63) is 63.7 Å². The highest BCUT2D eigenvalue weighted by molar-refractivity contribution is 5.91. The highest BCUT2D eigenvalue weighted by Crippen LogP contribution is 2.26. The van der Waals surface area contributed by atoms with Gasteiger partial charge in [-0.1, -0.05) is 12.1 Å². The van der Waals surface area contributed by atoms with E-state index in [0.717, 1.165) is 11.3 Å². The van der Waals surface area contributed by atoms with Crippen LogP contribution in [0.1, 0.15) is 15.9 Å². The number of rotatable bonds is 6. The van der Waals surface area contributed by atoms with Gasteiger partial charge in [-0.25, -0.2) is 4.79 Å². The van der Waals surface area contributed by atoms with Gasteiger partial charge in [-0.3, -0.25) is 10.1 Å². The Kier molecular flexibility index (Phi) is 5.14. The summed E-state index contributed by atoms with van der Waals surface area (Å²) in [4.78, 5) is 22.1. The number of hydrogen-bond donors (Lipinski definition) is 1. The molecular formula is C16H16N2O5. The summed E-state index contributed by atoms with van der Waals surface area (Å²) in [5.74, 6) is 0.122. The molecule has 0 aromatic heterocycles. The number of methoxy groups -OCH3 is 2. The molecule has 0 aliphatic heterocycles. The smallest absolute Gasteiger partial charge is 0.338 e. The molecule has 2 rings (SSSR count). The number of carbonyl (C=O) groups excluding carboxylic acids is 1. The molecule has 1 N–H and O–H groups in total. The number of carbonyl (C=O) groups is 1. The van der Waals surface area contributed by atoms with E-state index >= 15 is 0 Å². The molecule has 120 valence electrons. The van der Waals surface area contributed by atoms with Gasteiger partial charge in [-0.15, -0.1) is 0 Å². The van der Waals surface area contributed by atoms with E-state index in [9.17, 15) is 14.9 Å². The van der Waals surface area contributed by atoms with E-state index in [-0.39, 0.29) is 11.3 Å². The van der Waals surface area contributed by atoms with Crippen LogP contribution in [-0.2, 0) is 11.3 Å². The number of nitrogens with one attached hydrogen (secondary N) is 1. The van der Waals surface area contributed by atoms with Gasteiger partial charge in [-0.2, -0.15) is 0 Å². The van der Waals surface area contributed by atoms with E-state index in [0.29, 0.717) is 12.2 Å². The van der Waals surface area contributed by atoms with Crippen LogP contribution < -0.4 is 10.1 Å². The van der Waals surface area contributed by atoms with E-state index in [1.807, 2.05) is 24.3 Å². The largest absolute Gasteiger partial charge is 0.497 e. The van der Waals surface area contributed by atoms with Crippen molar-refractivity contribution in [2.45, 2.75) is 6.54 Å². The van der Waals surface area contributed by atoms with Gasteiger partial charge in [0.25, 0.3) is 5.69 Å². The van der Waals surface area contributed by atoms with Crippen LogP contribution in [0, 0.1) is 10.1 Å². The average Bonchev–Trinajstić information content (AvgIpc) is 2.59. The van der Waals surface area contributed by atoms with Crippen LogP contribution in [0.4, 0.5) is 11.4 Å². The molecule has 2 aromatic rings. The van der Waals surface area contributed by atoms with E-state index < -0.39 is 10.9 Å². The molecule has 0 saturated carbocycles. The van der Waals surface area contributed by atoms with Gasteiger partial charge in [0.1, 0.15) is 11.4 Å². The number of esters is 1. The van der Waals surface area contributed by atoms with Gasteiger partial charge in [0.05, 0.1) is 24.7 Å². The second-order valence-corrected chi connectivity index (χ2v) is 4.68. The van der Waals surface area contributed by atoms with Gasteiger partial charge >= 0.3 is 5.97 Å². The summed E-state index contributed by atoms with van der Waals surface area (Å²) in [7, 11) is 2.81. The lowest BCUT2D eigenvalue weighted by Gasteiger charge is -2.09. The molecule has 7 heteroatoms. The fourth-order valence-corrected chi connectivity index (χ4v) is 2.02. The second kappa shape index (κ2) is 7.26. The van der Waals surface area contributed by atoms with E-state index in [1.165, 1.54) is 25.3 Å². The quantitative estimate of drug-likeness (QED) is 0.500. The van der Waals surface area contributed by atoms with E-state index in [2.05, 4.69) is 10.1 Å². The Bertz CT molecular complexity index is 713. The molecular weight excluding hydrogens is 300 g/mol. The third-order valence-corrected chi connectivity index (χ3v) is 3.26. The van der Waals surface area contributed by atoms with Crippen molar-refractivity contribution in [2.24, 2.45) is 0 Å². The van der Waals surface area contributed by atoms with E-state index in [1.54, 1.807) is 7.11 Å². The molecule has 0 amide bonds. The molecule has 0 heterocycles. The molecule has 0 unspecified atom stereocenters. The van der Waals surface area contributed by atoms with Crippen LogP contribution in [0.15, 0.2) is 42.5 Å². The zero-order valence-corrected chi connectivity index (χ0v) is 12.7. The van der Waals surface area contributed by atoms with Crippen LogP contribution in [-0.4, -0.2) is 25.1 Å². The van der Waals surface area contributed by atoms with Crippen molar-refractivity contribution in [3.8, 4) is 5.75 Å². The minimum absolute atomic E-state index is 0.134. The molecule has 0 saturated heterocycles. The summed E-state index contributed by atoms with van der Waals surface area (Å²) >= 11 is 0. The molecule has 0 bridgehead atoms. The van der Waals surface area contributed by atoms with Crippen molar-refractivity contribution in [2.75, 3.05) is 19.5 Å². The van der Waals surface area contributed by atoms with Crippen molar-refractivity contribution < 1.29 is 19.2 Å². The maximum atomic E-state index is 11.5. The maximum Gasteiger partial charge on any atom is 0.338 e. The number of hydrogen-bond acceptors (Lipinski definition) is 6. The van der Waals surface area contributed by atoms with Crippen LogP contribution in [0.3, 0.4) is 0 Å². The van der Waals surface area contributed by atoms with Gasteiger partial charge in [0.2, 0.25) is 0 Å². The van der Waals surface area contributed by atoms with Crippen molar-refractivity contribution >= 4 is 17.3 Å². The summed E-state index contributed by atoms with van der Waals surface area (Å²) in [6, 6.07) is 11.5. The molecule has 0 fully saturated rings. The monoisotopic (exact) mass is 316 g/mol. The lowest BCUT2D eigenvalue weighted by molar-refractivity contribution is -0.384. The Labute approximate surface area is 133 Å². The predicted octanol–water partition coefficient (Wildman–Crippen LogP) is 3.00. The third-order valence-electron chi connectivity index (χ3n) is 3.26. The molecule has 7 nitrogen and oxygen atoms in total. The zero-order valence-electron chi connectivity index (χ0n) is 12.7. The fourth-order valence-electron chi connectivity index (χ4n) is 2.02. The maximum absolute atomic E-state index is 11.5. The van der Waals surface area contributed by atoms with Crippen LogP contribution in [0.25, 0.3) is 0 Å². The SMILES string of the molecule is COC(=O)c1ccc(NCc2ccc(OC)cc2)c([N+](=O)[O-])c1. The zero-order chi connectivity index (χ0) is 16.8. The molecule has 0 atom stereocenters. The molecule has 2 aromatic carbocycles. The molecule has 0 aliphatic carbocycles. The van der Waals surface area contributed by atoms with Crippen LogP contribution >= 0.6 is 0 Å². The standard InChI is InChI=1S/C16H16N2O5/c1-22-13-6-3-11(4-7-13)10-17-14-8-5-12(16(19)23-2)9-15(14)18(20)21/h3-9,17H,10H2,1-2H3. The Morgan fingerprint density at radius 1 is 1.17 bits per heavy atom. The first kappa shape index (κ1) is 16.3. The molecule has 0 spiro atoms. The Morgan fingerprint density at radius 3 is 2.43 bits per heavy atom. The second-order valence-electron chi connectivity index (χ2n) is 4.68. The van der Waals surface area contributed by atoms with Crippen molar-refractivity contribution in [3.63, 3.8) is 0 Å². The molecule has 0 radical (unpaired) electrons.